The normalized spacial score (nSPS) is 10.8. The monoisotopic (exact) mass is 288 g/mol. The fourth-order valence-electron chi connectivity index (χ4n) is 1.87. The summed E-state index contributed by atoms with van der Waals surface area (Å²) in [6.45, 7) is 0. The summed E-state index contributed by atoms with van der Waals surface area (Å²) < 4.78 is 1.10. The van der Waals surface area contributed by atoms with Gasteiger partial charge in [-0.2, -0.15) is 0 Å². The number of aromatic nitrogens is 1. The molecule has 96 valence electrons. The van der Waals surface area contributed by atoms with Crippen LogP contribution in [-0.4, -0.2) is 17.1 Å². The molecule has 0 aliphatic heterocycles. The number of thiophene rings is 1. The summed E-state index contributed by atoms with van der Waals surface area (Å²) in [5.41, 5.74) is 2.42. The first-order chi connectivity index (χ1) is 9.26. The lowest BCUT2D eigenvalue weighted by molar-refractivity contribution is 0.102. The van der Waals surface area contributed by atoms with E-state index in [1.165, 1.54) is 0 Å². The van der Waals surface area contributed by atoms with Crippen LogP contribution in [0.1, 0.15) is 10.5 Å². The summed E-state index contributed by atoms with van der Waals surface area (Å²) in [5, 5.41) is 4.91. The SMILES string of the molecule is CSc1cccc(NC(=O)c2cc3sccc3[nH]2)c1. The Kier molecular flexibility index (Phi) is 3.31. The topological polar surface area (TPSA) is 44.9 Å². The molecule has 19 heavy (non-hydrogen) atoms. The molecule has 5 heteroatoms. The van der Waals surface area contributed by atoms with Gasteiger partial charge in [0.25, 0.3) is 5.91 Å². The van der Waals surface area contributed by atoms with Crippen LogP contribution in [0.15, 0.2) is 46.7 Å². The van der Waals surface area contributed by atoms with E-state index < -0.39 is 0 Å². The van der Waals surface area contributed by atoms with Crippen LogP contribution in [0.2, 0.25) is 0 Å². The maximum atomic E-state index is 12.1. The van der Waals surface area contributed by atoms with Crippen LogP contribution in [0.3, 0.4) is 0 Å². The molecule has 0 bridgehead atoms. The average Bonchev–Trinajstić information content (AvgIpc) is 2.99. The van der Waals surface area contributed by atoms with Gasteiger partial charge in [-0.25, -0.2) is 0 Å². The van der Waals surface area contributed by atoms with E-state index in [4.69, 9.17) is 0 Å². The summed E-state index contributed by atoms with van der Waals surface area (Å²) in [4.78, 5) is 16.4. The lowest BCUT2D eigenvalue weighted by Crippen LogP contribution is -2.12. The Morgan fingerprint density at radius 1 is 1.32 bits per heavy atom. The fraction of sp³-hybridized carbons (Fsp3) is 0.0714. The fourth-order valence-corrected chi connectivity index (χ4v) is 3.11. The molecule has 0 saturated carbocycles. The van der Waals surface area contributed by atoms with Gasteiger partial charge < -0.3 is 10.3 Å². The number of carbonyl (C=O) groups is 1. The summed E-state index contributed by atoms with van der Waals surface area (Å²) in [6.07, 6.45) is 2.01. The second kappa shape index (κ2) is 5.11. The predicted octanol–water partition coefficient (Wildman–Crippen LogP) is 4.20. The van der Waals surface area contributed by atoms with Gasteiger partial charge in [0.2, 0.25) is 0 Å². The van der Waals surface area contributed by atoms with Crippen molar-refractivity contribution in [2.24, 2.45) is 0 Å². The first-order valence-electron chi connectivity index (χ1n) is 5.78. The van der Waals surface area contributed by atoms with E-state index in [-0.39, 0.29) is 5.91 Å². The smallest absolute Gasteiger partial charge is 0.272 e. The Morgan fingerprint density at radius 3 is 3.00 bits per heavy atom. The number of H-pyrrole nitrogens is 1. The predicted molar refractivity (Wildman–Crippen MR) is 82.4 cm³/mol. The molecule has 0 unspecified atom stereocenters. The van der Waals surface area contributed by atoms with E-state index in [0.29, 0.717) is 5.69 Å². The standard InChI is InChI=1S/C14H12N2OS2/c1-18-10-4-2-3-9(7-10)15-14(17)12-8-13-11(16-12)5-6-19-13/h2-8,16H,1H3,(H,15,17). The zero-order chi connectivity index (χ0) is 13.2. The average molecular weight is 288 g/mol. The number of anilines is 1. The number of hydrogen-bond donors (Lipinski definition) is 2. The highest BCUT2D eigenvalue weighted by Gasteiger charge is 2.10. The van der Waals surface area contributed by atoms with Gasteiger partial charge in [-0.3, -0.25) is 4.79 Å². The van der Waals surface area contributed by atoms with Gasteiger partial charge in [0.05, 0.1) is 10.2 Å². The Balaban J connectivity index is 1.82. The van der Waals surface area contributed by atoms with Crippen molar-refractivity contribution in [3.8, 4) is 0 Å². The zero-order valence-electron chi connectivity index (χ0n) is 10.3. The molecule has 1 aromatic carbocycles. The molecule has 0 spiro atoms. The number of carbonyl (C=O) groups excluding carboxylic acids is 1. The van der Waals surface area contributed by atoms with E-state index >= 15 is 0 Å². The van der Waals surface area contributed by atoms with Crippen LogP contribution < -0.4 is 5.32 Å². The lowest BCUT2D eigenvalue weighted by Gasteiger charge is -2.05. The van der Waals surface area contributed by atoms with Crippen LogP contribution in [0.25, 0.3) is 10.2 Å². The molecule has 1 amide bonds. The second-order valence-electron chi connectivity index (χ2n) is 4.07. The lowest BCUT2D eigenvalue weighted by atomic mass is 10.3. The van der Waals surface area contributed by atoms with Gasteiger partial charge in [-0.05, 0) is 42.0 Å². The largest absolute Gasteiger partial charge is 0.350 e. The van der Waals surface area contributed by atoms with Crippen molar-refractivity contribution in [1.29, 1.82) is 0 Å². The van der Waals surface area contributed by atoms with Gasteiger partial charge in [0, 0.05) is 10.6 Å². The van der Waals surface area contributed by atoms with Crippen molar-refractivity contribution in [2.75, 3.05) is 11.6 Å². The van der Waals surface area contributed by atoms with E-state index in [2.05, 4.69) is 10.3 Å². The molecule has 0 aliphatic rings. The number of aromatic amines is 1. The van der Waals surface area contributed by atoms with Gasteiger partial charge in [0.15, 0.2) is 0 Å². The van der Waals surface area contributed by atoms with Crippen LogP contribution in [0, 0.1) is 0 Å². The van der Waals surface area contributed by atoms with Crippen molar-refractivity contribution < 1.29 is 4.79 Å². The molecule has 0 atom stereocenters. The summed E-state index contributed by atoms with van der Waals surface area (Å²) >= 11 is 3.28. The molecule has 0 radical (unpaired) electrons. The third kappa shape index (κ3) is 2.52. The maximum Gasteiger partial charge on any atom is 0.272 e. The molecule has 0 saturated heterocycles. The number of amides is 1. The number of benzene rings is 1. The molecular formula is C14H12N2OS2. The Hall–Kier alpha value is -1.72. The first kappa shape index (κ1) is 12.3. The van der Waals surface area contributed by atoms with Gasteiger partial charge in [-0.1, -0.05) is 6.07 Å². The highest BCUT2D eigenvalue weighted by molar-refractivity contribution is 7.98. The Bertz CT molecular complexity index is 701. The molecule has 0 fully saturated rings. The van der Waals surface area contributed by atoms with Crippen LogP contribution in [0.4, 0.5) is 5.69 Å². The van der Waals surface area contributed by atoms with Crippen molar-refractivity contribution in [3.05, 3.63) is 47.5 Å². The number of nitrogens with one attached hydrogen (secondary N) is 2. The van der Waals surface area contributed by atoms with E-state index in [9.17, 15) is 4.79 Å². The molecular weight excluding hydrogens is 276 g/mol. The van der Waals surface area contributed by atoms with E-state index in [1.807, 2.05) is 48.0 Å². The highest BCUT2D eigenvalue weighted by atomic mass is 32.2. The zero-order valence-corrected chi connectivity index (χ0v) is 11.9. The van der Waals surface area contributed by atoms with Crippen molar-refractivity contribution in [2.45, 2.75) is 4.90 Å². The maximum absolute atomic E-state index is 12.1. The number of thioether (sulfide) groups is 1. The number of hydrogen-bond acceptors (Lipinski definition) is 3. The van der Waals surface area contributed by atoms with Crippen LogP contribution in [0.5, 0.6) is 0 Å². The van der Waals surface area contributed by atoms with Gasteiger partial charge >= 0.3 is 0 Å². The van der Waals surface area contributed by atoms with Crippen molar-refractivity contribution >= 4 is 44.9 Å². The molecule has 3 aromatic rings. The molecule has 2 heterocycles. The Labute approximate surface area is 119 Å². The van der Waals surface area contributed by atoms with Crippen LogP contribution in [-0.2, 0) is 0 Å². The summed E-state index contributed by atoms with van der Waals surface area (Å²) in [5.74, 6) is -0.110. The number of fused-ring (bicyclic) bond motifs is 1. The van der Waals surface area contributed by atoms with Gasteiger partial charge in [-0.15, -0.1) is 23.1 Å². The Morgan fingerprint density at radius 2 is 2.21 bits per heavy atom. The molecule has 3 rings (SSSR count). The first-order valence-corrected chi connectivity index (χ1v) is 7.88. The minimum absolute atomic E-state index is 0.110. The van der Waals surface area contributed by atoms with Gasteiger partial charge in [0.1, 0.15) is 5.69 Å². The highest BCUT2D eigenvalue weighted by Crippen LogP contribution is 2.23. The second-order valence-corrected chi connectivity index (χ2v) is 5.89. The molecule has 2 aromatic heterocycles. The molecule has 0 aliphatic carbocycles. The van der Waals surface area contributed by atoms with E-state index in [0.717, 1.165) is 20.8 Å². The molecule has 3 nitrogen and oxygen atoms in total. The van der Waals surface area contributed by atoms with Crippen LogP contribution >= 0.6 is 23.1 Å². The van der Waals surface area contributed by atoms with Crippen molar-refractivity contribution in [3.63, 3.8) is 0 Å². The number of rotatable bonds is 3. The third-order valence-corrected chi connectivity index (χ3v) is 4.40. The quantitative estimate of drug-likeness (QED) is 0.709. The summed E-state index contributed by atoms with van der Waals surface area (Å²) in [7, 11) is 0. The molecule has 2 N–H and O–H groups in total. The minimum Gasteiger partial charge on any atom is -0.350 e. The minimum atomic E-state index is -0.110. The third-order valence-electron chi connectivity index (χ3n) is 2.81. The van der Waals surface area contributed by atoms with Crippen molar-refractivity contribution in [1.82, 2.24) is 4.98 Å². The van der Waals surface area contributed by atoms with E-state index in [1.54, 1.807) is 23.1 Å². The summed E-state index contributed by atoms with van der Waals surface area (Å²) in [6, 6.07) is 11.7.